The number of likely N-dealkylation sites (tertiary alicyclic amines) is 1. The zero-order chi connectivity index (χ0) is 26.5. The standard InChI is InChI=1S/C30H37N3O5/c34-26-12-14-33(20-26)29(36)16-22-11-13-32-19-23(22)8-5-15-38-28-10-4-2-7-25(28)18-31(21-30(32)37)17-24-6-1-3-9-27(24)35/h1-10,22-23,26,34-35H,11-21H2/b8-5+/t22-,23-,26+/m0/s1. The molecule has 3 aliphatic heterocycles. The molecule has 3 heterocycles. The van der Waals surface area contributed by atoms with Crippen LogP contribution in [0.2, 0.25) is 0 Å². The second-order valence-electron chi connectivity index (χ2n) is 10.7. The second kappa shape index (κ2) is 12.0. The van der Waals surface area contributed by atoms with E-state index in [2.05, 4.69) is 6.08 Å². The maximum atomic E-state index is 13.6. The number of piperidine rings is 1. The molecule has 2 saturated heterocycles. The maximum Gasteiger partial charge on any atom is 0.236 e. The number of carbonyl (C=O) groups excluding carboxylic acids is 2. The molecule has 202 valence electrons. The minimum Gasteiger partial charge on any atom is -0.508 e. The lowest BCUT2D eigenvalue weighted by Crippen LogP contribution is -2.47. The Morgan fingerprint density at radius 1 is 1.00 bits per heavy atom. The number of aliphatic hydroxyl groups is 1. The minimum absolute atomic E-state index is 0.0453. The van der Waals surface area contributed by atoms with Gasteiger partial charge >= 0.3 is 0 Å². The minimum atomic E-state index is -0.427. The highest BCUT2D eigenvalue weighted by Gasteiger charge is 2.34. The average Bonchev–Trinajstić information content (AvgIpc) is 3.35. The number of carbonyl (C=O) groups is 2. The van der Waals surface area contributed by atoms with Gasteiger partial charge in [0.25, 0.3) is 0 Å². The van der Waals surface area contributed by atoms with Crippen LogP contribution in [0.3, 0.4) is 0 Å². The van der Waals surface area contributed by atoms with Crippen molar-refractivity contribution < 1.29 is 24.5 Å². The molecule has 38 heavy (non-hydrogen) atoms. The van der Waals surface area contributed by atoms with Crippen molar-refractivity contribution in [1.82, 2.24) is 14.7 Å². The Kier molecular flexibility index (Phi) is 8.29. The van der Waals surface area contributed by atoms with Gasteiger partial charge in [0.1, 0.15) is 18.1 Å². The van der Waals surface area contributed by atoms with Gasteiger partial charge in [-0.3, -0.25) is 14.5 Å². The van der Waals surface area contributed by atoms with Gasteiger partial charge in [-0.2, -0.15) is 0 Å². The van der Waals surface area contributed by atoms with E-state index in [0.717, 1.165) is 23.3 Å². The molecule has 2 amide bonds. The average molecular weight is 520 g/mol. The van der Waals surface area contributed by atoms with E-state index in [1.54, 1.807) is 17.0 Å². The Balaban J connectivity index is 1.36. The number of rotatable bonds is 4. The molecule has 0 unspecified atom stereocenters. The predicted octanol–water partition coefficient (Wildman–Crippen LogP) is 2.79. The predicted molar refractivity (Wildman–Crippen MR) is 143 cm³/mol. The second-order valence-corrected chi connectivity index (χ2v) is 10.7. The number of aliphatic hydroxyl groups excluding tert-OH is 1. The topological polar surface area (TPSA) is 93.6 Å². The van der Waals surface area contributed by atoms with Crippen LogP contribution >= 0.6 is 0 Å². The first-order chi connectivity index (χ1) is 18.5. The summed E-state index contributed by atoms with van der Waals surface area (Å²) in [5.74, 6) is 1.30. The molecule has 0 aromatic heterocycles. The third-order valence-electron chi connectivity index (χ3n) is 7.94. The molecule has 8 heteroatoms. The van der Waals surface area contributed by atoms with Crippen molar-refractivity contribution in [3.8, 4) is 11.5 Å². The summed E-state index contributed by atoms with van der Waals surface area (Å²) in [5, 5.41) is 20.2. The first kappa shape index (κ1) is 26.3. The molecule has 0 spiro atoms. The number of para-hydroxylation sites is 2. The van der Waals surface area contributed by atoms with E-state index < -0.39 is 6.10 Å². The molecule has 2 aromatic carbocycles. The lowest BCUT2D eigenvalue weighted by molar-refractivity contribution is -0.136. The summed E-state index contributed by atoms with van der Waals surface area (Å²) in [6.07, 6.45) is 5.50. The number of benzene rings is 2. The van der Waals surface area contributed by atoms with Crippen molar-refractivity contribution >= 4 is 11.8 Å². The van der Waals surface area contributed by atoms with E-state index in [1.165, 1.54) is 0 Å². The Morgan fingerprint density at radius 2 is 1.82 bits per heavy atom. The van der Waals surface area contributed by atoms with Crippen LogP contribution in [-0.4, -0.2) is 82.2 Å². The third kappa shape index (κ3) is 6.37. The van der Waals surface area contributed by atoms with Gasteiger partial charge in [0.15, 0.2) is 0 Å². The van der Waals surface area contributed by atoms with E-state index in [0.29, 0.717) is 58.7 Å². The SMILES string of the molecule is O=C(C[C@@H]1CCN2C[C@@H]1/C=C/COc1ccccc1CN(Cc1ccccc1O)CC2=O)N1CC[C@@H](O)C1. The Hall–Kier alpha value is -3.36. The fraction of sp³-hybridized carbons (Fsp3) is 0.467. The van der Waals surface area contributed by atoms with Gasteiger partial charge < -0.3 is 24.7 Å². The Morgan fingerprint density at radius 3 is 2.63 bits per heavy atom. The lowest BCUT2D eigenvalue weighted by Gasteiger charge is -2.38. The van der Waals surface area contributed by atoms with E-state index >= 15 is 0 Å². The number of phenolic OH excluding ortho intramolecular Hbond substituents is 1. The first-order valence-corrected chi connectivity index (χ1v) is 13.6. The molecule has 0 saturated carbocycles. The number of hydrogen-bond donors (Lipinski definition) is 2. The molecule has 8 nitrogen and oxygen atoms in total. The number of nitrogens with zero attached hydrogens (tertiary/aromatic N) is 3. The highest BCUT2D eigenvalue weighted by atomic mass is 16.5. The molecule has 0 radical (unpaired) electrons. The molecule has 2 bridgehead atoms. The molecule has 0 aliphatic carbocycles. The molecule has 2 N–H and O–H groups in total. The zero-order valence-electron chi connectivity index (χ0n) is 21.7. The van der Waals surface area contributed by atoms with Gasteiger partial charge in [0.2, 0.25) is 11.8 Å². The molecule has 5 rings (SSSR count). The van der Waals surface area contributed by atoms with Crippen molar-refractivity contribution in [3.05, 3.63) is 71.8 Å². The van der Waals surface area contributed by atoms with Crippen LogP contribution in [0.1, 0.15) is 30.4 Å². The van der Waals surface area contributed by atoms with E-state index in [9.17, 15) is 19.8 Å². The summed E-state index contributed by atoms with van der Waals surface area (Å²) in [5.41, 5.74) is 1.75. The van der Waals surface area contributed by atoms with Crippen molar-refractivity contribution in [2.24, 2.45) is 11.8 Å². The molecular weight excluding hydrogens is 482 g/mol. The van der Waals surface area contributed by atoms with Crippen LogP contribution in [0.15, 0.2) is 60.7 Å². The van der Waals surface area contributed by atoms with E-state index in [4.69, 9.17) is 4.74 Å². The van der Waals surface area contributed by atoms with Crippen LogP contribution in [0.25, 0.3) is 0 Å². The fourth-order valence-electron chi connectivity index (χ4n) is 5.78. The number of aromatic hydroxyl groups is 1. The van der Waals surface area contributed by atoms with Crippen LogP contribution in [0, 0.1) is 11.8 Å². The van der Waals surface area contributed by atoms with Crippen molar-refractivity contribution in [1.29, 1.82) is 0 Å². The van der Waals surface area contributed by atoms with Gasteiger partial charge in [-0.1, -0.05) is 48.6 Å². The van der Waals surface area contributed by atoms with Gasteiger partial charge in [0.05, 0.1) is 12.6 Å². The summed E-state index contributed by atoms with van der Waals surface area (Å²) in [7, 11) is 0. The smallest absolute Gasteiger partial charge is 0.236 e. The van der Waals surface area contributed by atoms with Gasteiger partial charge in [-0.25, -0.2) is 0 Å². The first-order valence-electron chi connectivity index (χ1n) is 13.6. The highest BCUT2D eigenvalue weighted by Crippen LogP contribution is 2.30. The molecular formula is C30H37N3O5. The van der Waals surface area contributed by atoms with Crippen LogP contribution in [0.4, 0.5) is 0 Å². The Labute approximate surface area is 224 Å². The van der Waals surface area contributed by atoms with E-state index in [-0.39, 0.29) is 35.9 Å². The summed E-state index contributed by atoms with van der Waals surface area (Å²) >= 11 is 0. The number of amides is 2. The number of β-amino-alcohol motifs (C(OH)–C–C–N with tert-alkyl or cyclic N) is 1. The molecule has 3 aliphatic rings. The Bertz CT molecular complexity index is 1170. The normalized spacial score (nSPS) is 25.5. The fourth-order valence-corrected chi connectivity index (χ4v) is 5.78. The number of phenols is 1. The van der Waals surface area contributed by atoms with Crippen molar-refractivity contribution in [2.45, 2.75) is 38.5 Å². The van der Waals surface area contributed by atoms with Crippen LogP contribution in [0.5, 0.6) is 11.5 Å². The van der Waals surface area contributed by atoms with Crippen LogP contribution in [-0.2, 0) is 22.7 Å². The number of ether oxygens (including phenoxy) is 1. The van der Waals surface area contributed by atoms with Gasteiger partial charge in [0, 0.05) is 56.8 Å². The van der Waals surface area contributed by atoms with Crippen LogP contribution < -0.4 is 4.74 Å². The largest absolute Gasteiger partial charge is 0.508 e. The van der Waals surface area contributed by atoms with Gasteiger partial charge in [-0.15, -0.1) is 0 Å². The number of fused-ring (bicyclic) bond motifs is 3. The summed E-state index contributed by atoms with van der Waals surface area (Å²) in [6, 6.07) is 15.1. The molecule has 3 atom stereocenters. The molecule has 2 aromatic rings. The quantitative estimate of drug-likeness (QED) is 0.604. The summed E-state index contributed by atoms with van der Waals surface area (Å²) < 4.78 is 6.13. The summed E-state index contributed by atoms with van der Waals surface area (Å²) in [4.78, 5) is 32.2. The molecule has 2 fully saturated rings. The number of hydrogen-bond acceptors (Lipinski definition) is 6. The van der Waals surface area contributed by atoms with Crippen molar-refractivity contribution in [2.75, 3.05) is 39.3 Å². The van der Waals surface area contributed by atoms with Gasteiger partial charge in [-0.05, 0) is 36.8 Å². The monoisotopic (exact) mass is 519 g/mol. The lowest BCUT2D eigenvalue weighted by atomic mass is 9.82. The highest BCUT2D eigenvalue weighted by molar-refractivity contribution is 5.79. The maximum absolute atomic E-state index is 13.6. The van der Waals surface area contributed by atoms with Crippen molar-refractivity contribution in [3.63, 3.8) is 0 Å². The zero-order valence-corrected chi connectivity index (χ0v) is 21.7. The third-order valence-corrected chi connectivity index (χ3v) is 7.94. The van der Waals surface area contributed by atoms with E-state index in [1.807, 2.05) is 52.3 Å². The summed E-state index contributed by atoms with van der Waals surface area (Å²) in [6.45, 7) is 3.76.